The summed E-state index contributed by atoms with van der Waals surface area (Å²) in [5.41, 5.74) is 1.17. The van der Waals surface area contributed by atoms with E-state index in [1.54, 1.807) is 16.6 Å². The standard InChI is InChI=1S/C15H23N3O3/c1-9-11(8-17(5)16-9)13-10(14(20)21)6-7-12(19)18(13)15(2,3)4/h8,10,13H,6-7H2,1-5H3,(H,20,21). The van der Waals surface area contributed by atoms with Crippen LogP contribution in [0.4, 0.5) is 0 Å². The van der Waals surface area contributed by atoms with Crippen molar-refractivity contribution in [3.8, 4) is 0 Å². The Labute approximate surface area is 124 Å². The number of likely N-dealkylation sites (tertiary alicyclic amines) is 1. The van der Waals surface area contributed by atoms with Crippen molar-refractivity contribution in [3.63, 3.8) is 0 Å². The summed E-state index contributed by atoms with van der Waals surface area (Å²) in [5.74, 6) is -1.44. The largest absolute Gasteiger partial charge is 0.481 e. The number of hydrogen-bond donors (Lipinski definition) is 1. The highest BCUT2D eigenvalue weighted by Gasteiger charge is 2.45. The lowest BCUT2D eigenvalue weighted by molar-refractivity contribution is -0.156. The minimum atomic E-state index is -0.856. The number of carbonyl (C=O) groups is 2. The Kier molecular flexibility index (Phi) is 3.82. The van der Waals surface area contributed by atoms with Gasteiger partial charge in [0.15, 0.2) is 0 Å². The number of carbonyl (C=O) groups excluding carboxylic acids is 1. The van der Waals surface area contributed by atoms with Crippen molar-refractivity contribution in [1.82, 2.24) is 14.7 Å². The van der Waals surface area contributed by atoms with Crippen molar-refractivity contribution >= 4 is 11.9 Å². The number of carboxylic acids is 1. The van der Waals surface area contributed by atoms with Gasteiger partial charge in [-0.15, -0.1) is 0 Å². The molecule has 2 rings (SSSR count). The van der Waals surface area contributed by atoms with Gasteiger partial charge in [-0.1, -0.05) is 0 Å². The van der Waals surface area contributed by atoms with Gasteiger partial charge in [0, 0.05) is 30.8 Å². The van der Waals surface area contributed by atoms with Crippen molar-refractivity contribution in [2.24, 2.45) is 13.0 Å². The fraction of sp³-hybridized carbons (Fsp3) is 0.667. The van der Waals surface area contributed by atoms with Gasteiger partial charge in [0.2, 0.25) is 5.91 Å². The Hall–Kier alpha value is -1.85. The summed E-state index contributed by atoms with van der Waals surface area (Å²) in [6.45, 7) is 7.67. The second-order valence-electron chi connectivity index (χ2n) is 6.71. The lowest BCUT2D eigenvalue weighted by Crippen LogP contribution is -2.53. The molecule has 0 radical (unpaired) electrons. The number of amides is 1. The third kappa shape index (κ3) is 2.80. The third-order valence-electron chi connectivity index (χ3n) is 4.01. The van der Waals surface area contributed by atoms with Gasteiger partial charge in [-0.3, -0.25) is 14.3 Å². The van der Waals surface area contributed by atoms with Crippen LogP contribution in [0.2, 0.25) is 0 Å². The molecule has 2 heterocycles. The topological polar surface area (TPSA) is 75.4 Å². The van der Waals surface area contributed by atoms with Crippen molar-refractivity contribution in [2.45, 2.75) is 52.1 Å². The first-order chi connectivity index (χ1) is 9.62. The van der Waals surface area contributed by atoms with Crippen molar-refractivity contribution < 1.29 is 14.7 Å². The Morgan fingerprint density at radius 3 is 2.48 bits per heavy atom. The van der Waals surface area contributed by atoms with Crippen LogP contribution in [0, 0.1) is 12.8 Å². The van der Waals surface area contributed by atoms with Crippen LogP contribution < -0.4 is 0 Å². The number of rotatable bonds is 2. The van der Waals surface area contributed by atoms with E-state index in [1.807, 2.05) is 33.9 Å². The van der Waals surface area contributed by atoms with Crippen LogP contribution in [-0.2, 0) is 16.6 Å². The molecule has 1 fully saturated rings. The molecule has 116 valence electrons. The molecule has 2 atom stereocenters. The van der Waals surface area contributed by atoms with Crippen LogP contribution in [0.3, 0.4) is 0 Å². The fourth-order valence-corrected chi connectivity index (χ4v) is 3.21. The highest BCUT2D eigenvalue weighted by atomic mass is 16.4. The van der Waals surface area contributed by atoms with E-state index in [0.29, 0.717) is 6.42 Å². The van der Waals surface area contributed by atoms with Crippen LogP contribution in [-0.4, -0.2) is 37.2 Å². The zero-order valence-corrected chi connectivity index (χ0v) is 13.3. The lowest BCUT2D eigenvalue weighted by Gasteiger charge is -2.47. The van der Waals surface area contributed by atoms with E-state index in [-0.39, 0.29) is 12.3 Å². The summed E-state index contributed by atoms with van der Waals surface area (Å²) in [6.07, 6.45) is 2.48. The van der Waals surface area contributed by atoms with E-state index in [4.69, 9.17) is 0 Å². The summed E-state index contributed by atoms with van der Waals surface area (Å²) >= 11 is 0. The summed E-state index contributed by atoms with van der Waals surface area (Å²) in [5, 5.41) is 13.9. The number of aryl methyl sites for hydroxylation is 2. The maximum atomic E-state index is 12.4. The first kappa shape index (κ1) is 15.5. The van der Waals surface area contributed by atoms with Gasteiger partial charge in [-0.2, -0.15) is 5.10 Å². The molecule has 21 heavy (non-hydrogen) atoms. The van der Waals surface area contributed by atoms with Crippen LogP contribution in [0.25, 0.3) is 0 Å². The van der Waals surface area contributed by atoms with Gasteiger partial charge in [0.25, 0.3) is 0 Å². The number of nitrogens with zero attached hydrogens (tertiary/aromatic N) is 3. The van der Waals surface area contributed by atoms with Gasteiger partial charge >= 0.3 is 5.97 Å². The van der Waals surface area contributed by atoms with E-state index in [9.17, 15) is 14.7 Å². The molecule has 1 aromatic heterocycles. The number of aliphatic carboxylic acids is 1. The molecular weight excluding hydrogens is 270 g/mol. The SMILES string of the molecule is Cc1nn(C)cc1C1C(C(=O)O)CCC(=O)N1C(C)(C)C. The molecular formula is C15H23N3O3. The predicted octanol–water partition coefficient (Wildman–Crippen LogP) is 1.89. The summed E-state index contributed by atoms with van der Waals surface area (Å²) in [7, 11) is 1.80. The van der Waals surface area contributed by atoms with Crippen molar-refractivity contribution in [2.75, 3.05) is 0 Å². The molecule has 6 heteroatoms. The van der Waals surface area contributed by atoms with Gasteiger partial charge in [-0.05, 0) is 34.1 Å². The number of piperidine rings is 1. The number of hydrogen-bond acceptors (Lipinski definition) is 3. The third-order valence-corrected chi connectivity index (χ3v) is 4.01. The molecule has 1 N–H and O–H groups in total. The lowest BCUT2D eigenvalue weighted by atomic mass is 9.81. The minimum Gasteiger partial charge on any atom is -0.481 e. The van der Waals surface area contributed by atoms with E-state index in [0.717, 1.165) is 11.3 Å². The van der Waals surface area contributed by atoms with Crippen LogP contribution in [0.15, 0.2) is 6.20 Å². The van der Waals surface area contributed by atoms with Crippen molar-refractivity contribution in [3.05, 3.63) is 17.5 Å². The molecule has 0 bridgehead atoms. The molecule has 1 amide bonds. The molecule has 1 aliphatic rings. The molecule has 0 spiro atoms. The Morgan fingerprint density at radius 2 is 2.05 bits per heavy atom. The molecule has 2 unspecified atom stereocenters. The molecule has 0 aromatic carbocycles. The zero-order valence-electron chi connectivity index (χ0n) is 13.3. The Morgan fingerprint density at radius 1 is 1.43 bits per heavy atom. The number of carboxylic acid groups (broad SMARTS) is 1. The molecule has 0 saturated carbocycles. The average molecular weight is 293 g/mol. The highest BCUT2D eigenvalue weighted by Crippen LogP contribution is 2.41. The first-order valence-electron chi connectivity index (χ1n) is 7.18. The first-order valence-corrected chi connectivity index (χ1v) is 7.18. The summed E-state index contributed by atoms with van der Waals surface area (Å²) < 4.78 is 1.67. The van der Waals surface area contributed by atoms with E-state index < -0.39 is 23.5 Å². The van der Waals surface area contributed by atoms with Gasteiger partial charge in [0.1, 0.15) is 0 Å². The summed E-state index contributed by atoms with van der Waals surface area (Å²) in [6, 6.07) is -0.461. The maximum Gasteiger partial charge on any atom is 0.308 e. The van der Waals surface area contributed by atoms with E-state index in [2.05, 4.69) is 5.10 Å². The monoisotopic (exact) mass is 293 g/mol. The zero-order chi connectivity index (χ0) is 15.9. The van der Waals surface area contributed by atoms with E-state index >= 15 is 0 Å². The quantitative estimate of drug-likeness (QED) is 0.903. The second-order valence-corrected chi connectivity index (χ2v) is 6.71. The van der Waals surface area contributed by atoms with Gasteiger partial charge < -0.3 is 10.0 Å². The molecule has 1 saturated heterocycles. The summed E-state index contributed by atoms with van der Waals surface area (Å²) in [4.78, 5) is 25.8. The smallest absolute Gasteiger partial charge is 0.308 e. The predicted molar refractivity (Wildman–Crippen MR) is 77.6 cm³/mol. The second kappa shape index (κ2) is 5.16. The van der Waals surface area contributed by atoms with Crippen LogP contribution in [0.1, 0.15) is 50.9 Å². The molecule has 1 aliphatic heterocycles. The molecule has 6 nitrogen and oxygen atoms in total. The van der Waals surface area contributed by atoms with Crippen LogP contribution in [0.5, 0.6) is 0 Å². The average Bonchev–Trinajstić information content (AvgIpc) is 2.65. The maximum absolute atomic E-state index is 12.4. The fourth-order valence-electron chi connectivity index (χ4n) is 3.21. The molecule has 0 aliphatic carbocycles. The Balaban J connectivity index is 2.57. The van der Waals surface area contributed by atoms with Crippen molar-refractivity contribution in [1.29, 1.82) is 0 Å². The minimum absolute atomic E-state index is 0.00764. The molecule has 1 aromatic rings. The highest BCUT2D eigenvalue weighted by molar-refractivity contribution is 5.82. The number of aromatic nitrogens is 2. The van der Waals surface area contributed by atoms with Crippen LogP contribution >= 0.6 is 0 Å². The normalized spacial score (nSPS) is 23.5. The van der Waals surface area contributed by atoms with Gasteiger partial charge in [-0.25, -0.2) is 0 Å². The van der Waals surface area contributed by atoms with Gasteiger partial charge in [0.05, 0.1) is 17.7 Å². The van der Waals surface area contributed by atoms with E-state index in [1.165, 1.54) is 0 Å². The Bertz CT molecular complexity index is 571.